The molecule has 0 bridgehead atoms. The zero-order valence-electron chi connectivity index (χ0n) is 12.5. The van der Waals surface area contributed by atoms with Gasteiger partial charge < -0.3 is 0 Å². The van der Waals surface area contributed by atoms with Gasteiger partial charge >= 0.3 is 0 Å². The molecule has 2 nitrogen and oxygen atoms in total. The lowest BCUT2D eigenvalue weighted by molar-refractivity contribution is -0.130. The maximum Gasteiger partial charge on any atom is 0.157 e. The highest BCUT2D eigenvalue weighted by molar-refractivity contribution is 6.30. The Hall–Kier alpha value is -0.860. The van der Waals surface area contributed by atoms with Crippen LogP contribution in [0.3, 0.4) is 0 Å². The van der Waals surface area contributed by atoms with Crippen molar-refractivity contribution in [1.82, 2.24) is 4.90 Å². The van der Waals surface area contributed by atoms with Crippen molar-refractivity contribution in [2.45, 2.75) is 51.5 Å². The SMILES string of the molecule is CCC(C)(C(=O)Cc1cccc(Cl)c1)N1CCCCC1. The number of likely N-dealkylation sites (tertiary alicyclic amines) is 1. The molecule has 0 radical (unpaired) electrons. The maximum absolute atomic E-state index is 12.8. The third kappa shape index (κ3) is 3.42. The summed E-state index contributed by atoms with van der Waals surface area (Å²) in [7, 11) is 0. The number of rotatable bonds is 5. The van der Waals surface area contributed by atoms with Crippen molar-refractivity contribution >= 4 is 17.4 Å². The molecule has 0 aromatic heterocycles. The minimum absolute atomic E-state index is 0.309. The van der Waals surface area contributed by atoms with Gasteiger partial charge in [-0.2, -0.15) is 0 Å². The van der Waals surface area contributed by atoms with Crippen molar-refractivity contribution < 1.29 is 4.79 Å². The smallest absolute Gasteiger partial charge is 0.157 e. The molecule has 2 rings (SSSR count). The summed E-state index contributed by atoms with van der Waals surface area (Å²) in [6, 6.07) is 7.64. The Bertz CT molecular complexity index is 468. The molecule has 0 spiro atoms. The number of carbonyl (C=O) groups excluding carboxylic acids is 1. The highest BCUT2D eigenvalue weighted by Crippen LogP contribution is 2.26. The Balaban J connectivity index is 2.11. The van der Waals surface area contributed by atoms with Crippen molar-refractivity contribution in [1.29, 1.82) is 0 Å². The van der Waals surface area contributed by atoms with Crippen molar-refractivity contribution in [3.63, 3.8) is 0 Å². The lowest BCUT2D eigenvalue weighted by Gasteiger charge is -2.42. The molecule has 1 aromatic rings. The summed E-state index contributed by atoms with van der Waals surface area (Å²) in [5, 5.41) is 0.700. The van der Waals surface area contributed by atoms with E-state index in [0.717, 1.165) is 25.1 Å². The normalized spacial score (nSPS) is 19.6. The number of nitrogens with zero attached hydrogens (tertiary/aromatic N) is 1. The summed E-state index contributed by atoms with van der Waals surface area (Å²) in [6.07, 6.45) is 5.05. The lowest BCUT2D eigenvalue weighted by Crippen LogP contribution is -2.54. The number of hydrogen-bond donors (Lipinski definition) is 0. The van der Waals surface area contributed by atoms with Crippen molar-refractivity contribution in [2.24, 2.45) is 0 Å². The first-order chi connectivity index (χ1) is 9.56. The van der Waals surface area contributed by atoms with Crippen LogP contribution >= 0.6 is 11.6 Å². The van der Waals surface area contributed by atoms with Crippen LogP contribution in [0.4, 0.5) is 0 Å². The van der Waals surface area contributed by atoms with Gasteiger partial charge in [0.05, 0.1) is 5.54 Å². The summed E-state index contributed by atoms with van der Waals surface area (Å²) in [5.74, 6) is 0.309. The third-order valence-electron chi connectivity index (χ3n) is 4.60. The molecule has 1 fully saturated rings. The highest BCUT2D eigenvalue weighted by atomic mass is 35.5. The summed E-state index contributed by atoms with van der Waals surface area (Å²) >= 11 is 6.00. The van der Waals surface area contributed by atoms with Crippen LogP contribution in [0.15, 0.2) is 24.3 Å². The molecule has 1 aromatic carbocycles. The Kier molecular flexibility index (Phi) is 5.22. The van der Waals surface area contributed by atoms with Gasteiger partial charge in [-0.1, -0.05) is 37.1 Å². The molecule has 0 aliphatic carbocycles. The summed E-state index contributed by atoms with van der Waals surface area (Å²) < 4.78 is 0. The van der Waals surface area contributed by atoms with E-state index in [1.54, 1.807) is 0 Å². The van der Waals surface area contributed by atoms with Gasteiger partial charge in [-0.15, -0.1) is 0 Å². The highest BCUT2D eigenvalue weighted by Gasteiger charge is 2.37. The number of piperidine rings is 1. The molecule has 110 valence electrons. The zero-order chi connectivity index (χ0) is 14.6. The minimum atomic E-state index is -0.331. The van der Waals surface area contributed by atoms with E-state index in [1.807, 2.05) is 24.3 Å². The van der Waals surface area contributed by atoms with E-state index in [1.165, 1.54) is 19.3 Å². The van der Waals surface area contributed by atoms with Gasteiger partial charge in [-0.05, 0) is 57.0 Å². The number of Topliss-reactive ketones (excluding diaryl/α,β-unsaturated/α-hetero) is 1. The van der Waals surface area contributed by atoms with Crippen molar-refractivity contribution in [3.05, 3.63) is 34.9 Å². The van der Waals surface area contributed by atoms with Crippen LogP contribution in [0.25, 0.3) is 0 Å². The van der Waals surface area contributed by atoms with Gasteiger partial charge in [-0.25, -0.2) is 0 Å². The Morgan fingerprint density at radius 3 is 2.60 bits per heavy atom. The predicted octanol–water partition coefficient (Wildman–Crippen LogP) is 4.11. The first-order valence-electron chi connectivity index (χ1n) is 7.59. The largest absolute Gasteiger partial charge is 0.297 e. The number of halogens is 1. The van der Waals surface area contributed by atoms with Gasteiger partial charge in [0.25, 0.3) is 0 Å². The quantitative estimate of drug-likeness (QED) is 0.814. The monoisotopic (exact) mass is 293 g/mol. The first kappa shape index (κ1) is 15.5. The van der Waals surface area contributed by atoms with Crippen LogP contribution in [-0.4, -0.2) is 29.3 Å². The van der Waals surface area contributed by atoms with Gasteiger partial charge in [-0.3, -0.25) is 9.69 Å². The second kappa shape index (κ2) is 6.73. The van der Waals surface area contributed by atoms with Crippen LogP contribution in [0.2, 0.25) is 5.02 Å². The molecule has 1 unspecified atom stereocenters. The summed E-state index contributed by atoms with van der Waals surface area (Å²) in [6.45, 7) is 6.31. The van der Waals surface area contributed by atoms with Crippen LogP contribution in [0.1, 0.15) is 45.1 Å². The molecule has 1 aliphatic heterocycles. The second-order valence-corrected chi connectivity index (χ2v) is 6.34. The van der Waals surface area contributed by atoms with Gasteiger partial charge in [0, 0.05) is 11.4 Å². The maximum atomic E-state index is 12.8. The van der Waals surface area contributed by atoms with E-state index < -0.39 is 0 Å². The standard InChI is InChI=1S/C17H24ClNO/c1-3-17(2,19-10-5-4-6-11-19)16(20)13-14-8-7-9-15(18)12-14/h7-9,12H,3-6,10-11,13H2,1-2H3. The number of hydrogen-bond acceptors (Lipinski definition) is 2. The Labute approximate surface area is 127 Å². The third-order valence-corrected chi connectivity index (χ3v) is 4.83. The summed E-state index contributed by atoms with van der Waals surface area (Å²) in [4.78, 5) is 15.2. The number of benzene rings is 1. The number of carbonyl (C=O) groups is 1. The molecule has 0 N–H and O–H groups in total. The average Bonchev–Trinajstić information content (AvgIpc) is 2.47. The van der Waals surface area contributed by atoms with Crippen molar-refractivity contribution in [2.75, 3.05) is 13.1 Å². The molecule has 0 amide bonds. The van der Waals surface area contributed by atoms with E-state index in [4.69, 9.17) is 11.6 Å². The fourth-order valence-corrected chi connectivity index (χ4v) is 3.22. The van der Waals surface area contributed by atoms with Gasteiger partial charge in [0.2, 0.25) is 0 Å². The molecular weight excluding hydrogens is 270 g/mol. The van der Waals surface area contributed by atoms with Gasteiger partial charge in [0.1, 0.15) is 0 Å². The Morgan fingerprint density at radius 1 is 1.30 bits per heavy atom. The molecule has 3 heteroatoms. The van der Waals surface area contributed by atoms with Gasteiger partial charge in [0.15, 0.2) is 5.78 Å². The molecular formula is C17H24ClNO. The van der Waals surface area contributed by atoms with Crippen LogP contribution < -0.4 is 0 Å². The molecule has 1 saturated heterocycles. The lowest BCUT2D eigenvalue weighted by atomic mass is 9.86. The molecule has 1 heterocycles. The van der Waals surface area contributed by atoms with Crippen LogP contribution in [-0.2, 0) is 11.2 Å². The Morgan fingerprint density at radius 2 is 2.00 bits per heavy atom. The first-order valence-corrected chi connectivity index (χ1v) is 7.97. The van der Waals surface area contributed by atoms with Crippen LogP contribution in [0, 0.1) is 0 Å². The average molecular weight is 294 g/mol. The second-order valence-electron chi connectivity index (χ2n) is 5.90. The molecule has 0 saturated carbocycles. The van der Waals surface area contributed by atoms with E-state index in [2.05, 4.69) is 18.7 Å². The van der Waals surface area contributed by atoms with E-state index in [9.17, 15) is 4.79 Å². The predicted molar refractivity (Wildman–Crippen MR) is 84.3 cm³/mol. The molecule has 1 atom stereocenters. The zero-order valence-corrected chi connectivity index (χ0v) is 13.2. The molecule has 1 aliphatic rings. The fourth-order valence-electron chi connectivity index (χ4n) is 3.01. The van der Waals surface area contributed by atoms with E-state index in [-0.39, 0.29) is 5.54 Å². The summed E-state index contributed by atoms with van der Waals surface area (Å²) in [5.41, 5.74) is 0.683. The van der Waals surface area contributed by atoms with Crippen molar-refractivity contribution in [3.8, 4) is 0 Å². The minimum Gasteiger partial charge on any atom is -0.297 e. The van der Waals surface area contributed by atoms with E-state index in [0.29, 0.717) is 17.2 Å². The fraction of sp³-hybridized carbons (Fsp3) is 0.588. The topological polar surface area (TPSA) is 20.3 Å². The molecule has 20 heavy (non-hydrogen) atoms. The number of ketones is 1. The van der Waals surface area contributed by atoms with Crippen LogP contribution in [0.5, 0.6) is 0 Å². The van der Waals surface area contributed by atoms with E-state index >= 15 is 0 Å².